The van der Waals surface area contributed by atoms with E-state index in [2.05, 4.69) is 5.32 Å². The topological polar surface area (TPSA) is 133 Å². The second kappa shape index (κ2) is 7.37. The zero-order valence-corrected chi connectivity index (χ0v) is 12.3. The monoisotopic (exact) mass is 301 g/mol. The van der Waals surface area contributed by atoms with Crippen LogP contribution >= 0.6 is 0 Å². The Hall–Kier alpha value is -1.67. The van der Waals surface area contributed by atoms with Crippen LogP contribution in [0.1, 0.15) is 26.7 Å². The quantitative estimate of drug-likeness (QED) is 0.473. The number of likely N-dealkylation sites (tertiary alicyclic amines) is 1. The lowest BCUT2D eigenvalue weighted by molar-refractivity contribution is -0.149. The number of amides is 2. The molecule has 0 radical (unpaired) electrons. The Bertz CT molecular complexity index is 413. The van der Waals surface area contributed by atoms with Crippen molar-refractivity contribution in [2.24, 2.45) is 11.7 Å². The van der Waals surface area contributed by atoms with Crippen LogP contribution < -0.4 is 11.1 Å². The molecule has 0 saturated carbocycles. The predicted octanol–water partition coefficient (Wildman–Crippen LogP) is -1.48. The summed E-state index contributed by atoms with van der Waals surface area (Å²) in [6, 6.07) is -1.88. The molecule has 5 N–H and O–H groups in total. The minimum atomic E-state index is -1.16. The van der Waals surface area contributed by atoms with Gasteiger partial charge in [-0.1, -0.05) is 13.8 Å². The van der Waals surface area contributed by atoms with Gasteiger partial charge < -0.3 is 26.2 Å². The lowest BCUT2D eigenvalue weighted by atomic mass is 10.0. The van der Waals surface area contributed by atoms with Crippen molar-refractivity contribution in [3.63, 3.8) is 0 Å². The Morgan fingerprint density at radius 3 is 2.48 bits per heavy atom. The van der Waals surface area contributed by atoms with Gasteiger partial charge in [-0.05, 0) is 12.3 Å². The molecule has 3 atom stereocenters. The van der Waals surface area contributed by atoms with Gasteiger partial charge in [0.1, 0.15) is 12.1 Å². The van der Waals surface area contributed by atoms with Crippen molar-refractivity contribution in [2.45, 2.75) is 44.9 Å². The van der Waals surface area contributed by atoms with E-state index in [0.29, 0.717) is 6.42 Å². The van der Waals surface area contributed by atoms with E-state index in [9.17, 15) is 19.5 Å². The average Bonchev–Trinajstić information content (AvgIpc) is 2.78. The summed E-state index contributed by atoms with van der Waals surface area (Å²) in [6.07, 6.45) is -0.482. The van der Waals surface area contributed by atoms with Gasteiger partial charge in [0.2, 0.25) is 11.8 Å². The summed E-state index contributed by atoms with van der Waals surface area (Å²) >= 11 is 0. The van der Waals surface area contributed by atoms with Crippen LogP contribution in [0.2, 0.25) is 0 Å². The summed E-state index contributed by atoms with van der Waals surface area (Å²) in [5, 5.41) is 21.2. The molecule has 1 aliphatic rings. The first-order valence-electron chi connectivity index (χ1n) is 6.97. The van der Waals surface area contributed by atoms with Crippen LogP contribution in [0.3, 0.4) is 0 Å². The largest absolute Gasteiger partial charge is 0.480 e. The zero-order valence-electron chi connectivity index (χ0n) is 12.3. The number of carboxylic acids is 1. The van der Waals surface area contributed by atoms with Crippen LogP contribution in [0.25, 0.3) is 0 Å². The van der Waals surface area contributed by atoms with Crippen LogP contribution in [0.15, 0.2) is 0 Å². The molecule has 2 unspecified atom stereocenters. The summed E-state index contributed by atoms with van der Waals surface area (Å²) in [7, 11) is 0. The summed E-state index contributed by atoms with van der Waals surface area (Å²) in [5.74, 6) is -1.99. The van der Waals surface area contributed by atoms with Crippen LogP contribution in [-0.2, 0) is 14.4 Å². The number of nitrogens with two attached hydrogens (primary N) is 1. The molecule has 1 rings (SSSR count). The fourth-order valence-electron chi connectivity index (χ4n) is 2.44. The number of aliphatic hydroxyl groups excluding tert-OH is 1. The number of carbonyl (C=O) groups excluding carboxylic acids is 2. The van der Waals surface area contributed by atoms with E-state index in [1.807, 2.05) is 13.8 Å². The van der Waals surface area contributed by atoms with E-state index in [0.717, 1.165) is 4.90 Å². The molecule has 8 nitrogen and oxygen atoms in total. The third-order valence-electron chi connectivity index (χ3n) is 3.37. The highest BCUT2D eigenvalue weighted by molar-refractivity contribution is 5.91. The average molecular weight is 301 g/mol. The van der Waals surface area contributed by atoms with Gasteiger partial charge in [-0.3, -0.25) is 9.59 Å². The molecule has 0 spiro atoms. The number of aliphatic hydroxyl groups is 1. The Labute approximate surface area is 123 Å². The number of carbonyl (C=O) groups is 3. The molecule has 0 aromatic carbocycles. The van der Waals surface area contributed by atoms with Crippen molar-refractivity contribution in [1.29, 1.82) is 0 Å². The number of nitrogens with zero attached hydrogens (tertiary/aromatic N) is 1. The summed E-state index contributed by atoms with van der Waals surface area (Å²) in [5.41, 5.74) is 5.23. The molecule has 120 valence electrons. The maximum absolute atomic E-state index is 12.5. The number of hydrogen-bond donors (Lipinski definition) is 4. The van der Waals surface area contributed by atoms with Crippen molar-refractivity contribution in [3.05, 3.63) is 0 Å². The summed E-state index contributed by atoms with van der Waals surface area (Å²) in [4.78, 5) is 36.2. The molecule has 1 heterocycles. The standard InChI is InChI=1S/C13H23N3O5/c1-7(2)3-9(15-11(18)5-14)12(19)16-6-8(17)4-10(16)13(20)21/h7-10,17H,3-6,14H2,1-2H3,(H,15,18)(H,20,21)/t8?,9-,10?/m0/s1. The van der Waals surface area contributed by atoms with Crippen molar-refractivity contribution >= 4 is 17.8 Å². The van der Waals surface area contributed by atoms with E-state index in [1.165, 1.54) is 0 Å². The fraction of sp³-hybridized carbons (Fsp3) is 0.769. The van der Waals surface area contributed by atoms with Gasteiger partial charge in [0.25, 0.3) is 0 Å². The van der Waals surface area contributed by atoms with Crippen molar-refractivity contribution < 1.29 is 24.6 Å². The molecule has 1 fully saturated rings. The third kappa shape index (κ3) is 4.68. The van der Waals surface area contributed by atoms with E-state index in [1.54, 1.807) is 0 Å². The minimum absolute atomic E-state index is 0.000305. The van der Waals surface area contributed by atoms with E-state index >= 15 is 0 Å². The van der Waals surface area contributed by atoms with E-state index in [-0.39, 0.29) is 25.4 Å². The van der Waals surface area contributed by atoms with Crippen molar-refractivity contribution in [1.82, 2.24) is 10.2 Å². The van der Waals surface area contributed by atoms with Gasteiger partial charge in [0.15, 0.2) is 0 Å². The zero-order chi connectivity index (χ0) is 16.2. The minimum Gasteiger partial charge on any atom is -0.480 e. The van der Waals surface area contributed by atoms with Crippen LogP contribution in [0.4, 0.5) is 0 Å². The SMILES string of the molecule is CC(C)C[C@H](NC(=O)CN)C(=O)N1CC(O)CC1C(=O)O. The van der Waals surface area contributed by atoms with Gasteiger partial charge in [-0.25, -0.2) is 4.79 Å². The first kappa shape index (κ1) is 17.4. The highest BCUT2D eigenvalue weighted by atomic mass is 16.4. The van der Waals surface area contributed by atoms with Crippen molar-refractivity contribution in [3.8, 4) is 0 Å². The molecule has 8 heteroatoms. The van der Waals surface area contributed by atoms with E-state index < -0.39 is 36.0 Å². The molecule has 1 aliphatic heterocycles. The normalized spacial score (nSPS) is 23.2. The molecule has 2 amide bonds. The number of hydrogen-bond acceptors (Lipinski definition) is 5. The molecule has 1 saturated heterocycles. The second-order valence-electron chi connectivity index (χ2n) is 5.69. The first-order chi connectivity index (χ1) is 9.76. The molecular formula is C13H23N3O5. The second-order valence-corrected chi connectivity index (χ2v) is 5.69. The molecule has 21 heavy (non-hydrogen) atoms. The summed E-state index contributed by atoms with van der Waals surface area (Å²) < 4.78 is 0. The highest BCUT2D eigenvalue weighted by Gasteiger charge is 2.41. The van der Waals surface area contributed by atoms with Crippen LogP contribution in [0, 0.1) is 5.92 Å². The lowest BCUT2D eigenvalue weighted by Gasteiger charge is -2.28. The number of rotatable bonds is 6. The van der Waals surface area contributed by atoms with Gasteiger partial charge in [-0.2, -0.15) is 0 Å². The number of β-amino-alcohol motifs (C(OH)–C–C–N with tert-alkyl or cyclic N) is 1. The first-order valence-corrected chi connectivity index (χ1v) is 6.97. The Morgan fingerprint density at radius 2 is 2.00 bits per heavy atom. The lowest BCUT2D eigenvalue weighted by Crippen LogP contribution is -2.53. The Morgan fingerprint density at radius 1 is 1.38 bits per heavy atom. The molecule has 0 bridgehead atoms. The fourth-order valence-corrected chi connectivity index (χ4v) is 2.44. The number of nitrogens with one attached hydrogen (secondary N) is 1. The molecule has 0 aromatic rings. The maximum Gasteiger partial charge on any atom is 0.326 e. The molecule has 0 aliphatic carbocycles. The van der Waals surface area contributed by atoms with Gasteiger partial charge in [-0.15, -0.1) is 0 Å². The molecular weight excluding hydrogens is 278 g/mol. The highest BCUT2D eigenvalue weighted by Crippen LogP contribution is 2.20. The van der Waals surface area contributed by atoms with Gasteiger partial charge >= 0.3 is 5.97 Å². The van der Waals surface area contributed by atoms with E-state index in [4.69, 9.17) is 10.8 Å². The smallest absolute Gasteiger partial charge is 0.326 e. The maximum atomic E-state index is 12.5. The Balaban J connectivity index is 2.87. The number of carboxylic acid groups (broad SMARTS) is 1. The number of aliphatic carboxylic acids is 1. The van der Waals surface area contributed by atoms with Gasteiger partial charge in [0, 0.05) is 13.0 Å². The Kier molecular flexibility index (Phi) is 6.10. The van der Waals surface area contributed by atoms with Crippen molar-refractivity contribution in [2.75, 3.05) is 13.1 Å². The molecule has 0 aromatic heterocycles. The summed E-state index contributed by atoms with van der Waals surface area (Å²) in [6.45, 7) is 3.50. The van der Waals surface area contributed by atoms with Crippen LogP contribution in [-0.4, -0.2) is 64.2 Å². The van der Waals surface area contributed by atoms with Gasteiger partial charge in [0.05, 0.1) is 12.6 Å². The van der Waals surface area contributed by atoms with Crippen LogP contribution in [0.5, 0.6) is 0 Å². The predicted molar refractivity (Wildman–Crippen MR) is 74.2 cm³/mol. The third-order valence-corrected chi connectivity index (χ3v) is 3.37.